The van der Waals surface area contributed by atoms with Gasteiger partial charge in [0.15, 0.2) is 5.78 Å². The van der Waals surface area contributed by atoms with E-state index in [9.17, 15) is 4.79 Å². The monoisotopic (exact) mass is 443 g/mol. The molecule has 2 N–H and O–H groups in total. The fourth-order valence-corrected chi connectivity index (χ4v) is 5.14. The summed E-state index contributed by atoms with van der Waals surface area (Å²) in [4.78, 5) is 13.4. The van der Waals surface area contributed by atoms with Gasteiger partial charge in [-0.25, -0.2) is 0 Å². The van der Waals surface area contributed by atoms with E-state index in [1.807, 2.05) is 24.4 Å². The molecule has 5 heteroatoms. The molecule has 0 amide bonds. The highest BCUT2D eigenvalue weighted by atomic mass is 16.5. The number of ketones is 1. The van der Waals surface area contributed by atoms with Crippen molar-refractivity contribution in [2.24, 2.45) is 5.92 Å². The molecular weight excluding hydrogens is 410 g/mol. The number of benzene rings is 2. The molecule has 0 radical (unpaired) electrons. The zero-order chi connectivity index (χ0) is 22.5. The second kappa shape index (κ2) is 10.3. The maximum Gasteiger partial charge on any atom is 0.170 e. The van der Waals surface area contributed by atoms with Crippen molar-refractivity contribution in [3.8, 4) is 16.9 Å². The van der Waals surface area contributed by atoms with Crippen LogP contribution < -0.4 is 10.1 Å². The fraction of sp³-hybridized carbons (Fsp3) is 0.429. The number of carbonyl (C=O) groups is 1. The van der Waals surface area contributed by atoms with Crippen LogP contribution in [0.25, 0.3) is 11.1 Å². The summed E-state index contributed by atoms with van der Waals surface area (Å²) in [6, 6.07) is 12.5. The number of Topliss-reactive ketones (excluding diaryl/α,β-unsaturated/α-hetero) is 1. The van der Waals surface area contributed by atoms with Crippen LogP contribution in [0.5, 0.6) is 5.75 Å². The molecule has 5 rings (SSSR count). The van der Waals surface area contributed by atoms with Gasteiger partial charge in [0.05, 0.1) is 18.4 Å². The Balaban J connectivity index is 1.37. The number of aromatic amines is 1. The van der Waals surface area contributed by atoms with Crippen LogP contribution in [-0.2, 0) is 19.3 Å². The first kappa shape index (κ1) is 21.9. The van der Waals surface area contributed by atoms with Crippen molar-refractivity contribution >= 4 is 5.78 Å². The second-order valence-electron chi connectivity index (χ2n) is 9.47. The van der Waals surface area contributed by atoms with Gasteiger partial charge in [-0.05, 0) is 79.1 Å². The Morgan fingerprint density at radius 3 is 2.64 bits per heavy atom. The van der Waals surface area contributed by atoms with Gasteiger partial charge in [-0.1, -0.05) is 43.5 Å². The summed E-state index contributed by atoms with van der Waals surface area (Å²) in [6.07, 6.45) is 12.5. The molecule has 33 heavy (non-hydrogen) atoms. The van der Waals surface area contributed by atoms with Crippen molar-refractivity contribution in [1.82, 2.24) is 15.5 Å². The second-order valence-corrected chi connectivity index (χ2v) is 9.47. The SMILES string of the molecule is O=C(Cc1ccc2c(c1)CCNCC2)c1ccc(-c2cn[nH]c2)cc1OCC1CCCCC1. The predicted octanol–water partition coefficient (Wildman–Crippen LogP) is 5.15. The number of nitrogens with one attached hydrogen (secondary N) is 2. The summed E-state index contributed by atoms with van der Waals surface area (Å²) >= 11 is 0. The van der Waals surface area contributed by atoms with E-state index < -0.39 is 0 Å². The molecule has 0 atom stereocenters. The molecular formula is C28H33N3O2. The lowest BCUT2D eigenvalue weighted by Crippen LogP contribution is -2.17. The standard InChI is InChI=1S/C28H33N3O2/c32-27(15-21-6-7-22-10-12-29-13-11-24(22)14-21)26-9-8-23(25-17-30-31-18-25)16-28(26)33-19-20-4-2-1-3-5-20/h6-9,14,16-18,20,29H,1-5,10-13,15,19H2,(H,30,31). The van der Waals surface area contributed by atoms with Crippen LogP contribution >= 0.6 is 0 Å². The Morgan fingerprint density at radius 2 is 1.82 bits per heavy atom. The topological polar surface area (TPSA) is 67.0 Å². The van der Waals surface area contributed by atoms with Gasteiger partial charge in [0, 0.05) is 18.2 Å². The molecule has 0 saturated heterocycles. The molecule has 0 bridgehead atoms. The van der Waals surface area contributed by atoms with Crippen LogP contribution in [0.2, 0.25) is 0 Å². The van der Waals surface area contributed by atoms with Crippen LogP contribution in [0.15, 0.2) is 48.8 Å². The minimum Gasteiger partial charge on any atom is -0.493 e. The molecule has 2 aromatic carbocycles. The van der Waals surface area contributed by atoms with Crippen molar-refractivity contribution in [3.63, 3.8) is 0 Å². The summed E-state index contributed by atoms with van der Waals surface area (Å²) in [6.45, 7) is 2.70. The average Bonchev–Trinajstić information content (AvgIpc) is 3.29. The maximum atomic E-state index is 13.4. The van der Waals surface area contributed by atoms with E-state index >= 15 is 0 Å². The lowest BCUT2D eigenvalue weighted by Gasteiger charge is -2.22. The Bertz CT molecular complexity index is 1080. The van der Waals surface area contributed by atoms with Crippen molar-refractivity contribution in [3.05, 3.63) is 71.0 Å². The van der Waals surface area contributed by atoms with Crippen molar-refractivity contribution in [2.45, 2.75) is 51.4 Å². The summed E-state index contributed by atoms with van der Waals surface area (Å²) < 4.78 is 6.32. The molecule has 2 heterocycles. The number of rotatable bonds is 7. The molecule has 1 aliphatic heterocycles. The average molecular weight is 444 g/mol. The van der Waals surface area contributed by atoms with Gasteiger partial charge in [0.2, 0.25) is 0 Å². The quantitative estimate of drug-likeness (QED) is 0.496. The third-order valence-electron chi connectivity index (χ3n) is 7.09. The van der Waals surface area contributed by atoms with E-state index in [4.69, 9.17) is 4.74 Å². The van der Waals surface area contributed by atoms with Gasteiger partial charge >= 0.3 is 0 Å². The summed E-state index contributed by atoms with van der Waals surface area (Å²) in [5.41, 5.74) is 6.53. The lowest BCUT2D eigenvalue weighted by atomic mass is 9.90. The normalized spacial score (nSPS) is 16.7. The van der Waals surface area contributed by atoms with E-state index in [0.717, 1.165) is 42.6 Å². The number of carbonyl (C=O) groups excluding carboxylic acids is 1. The molecule has 3 aromatic rings. The minimum atomic E-state index is 0.110. The largest absolute Gasteiger partial charge is 0.493 e. The molecule has 1 saturated carbocycles. The summed E-state index contributed by atoms with van der Waals surface area (Å²) in [5.74, 6) is 1.39. The van der Waals surface area contributed by atoms with Gasteiger partial charge in [-0.3, -0.25) is 9.89 Å². The van der Waals surface area contributed by atoms with E-state index in [2.05, 4.69) is 33.7 Å². The predicted molar refractivity (Wildman–Crippen MR) is 131 cm³/mol. The number of fused-ring (bicyclic) bond motifs is 1. The van der Waals surface area contributed by atoms with Gasteiger partial charge in [0.25, 0.3) is 0 Å². The number of hydrogen-bond acceptors (Lipinski definition) is 4. The number of aromatic nitrogens is 2. The van der Waals surface area contributed by atoms with Gasteiger partial charge in [0.1, 0.15) is 5.75 Å². The number of ether oxygens (including phenoxy) is 1. The minimum absolute atomic E-state index is 0.110. The molecule has 2 aliphatic rings. The Morgan fingerprint density at radius 1 is 0.970 bits per heavy atom. The molecule has 1 aliphatic carbocycles. The highest BCUT2D eigenvalue weighted by Crippen LogP contribution is 2.30. The van der Waals surface area contributed by atoms with E-state index in [1.165, 1.54) is 43.2 Å². The molecule has 0 spiro atoms. The third-order valence-corrected chi connectivity index (χ3v) is 7.09. The van der Waals surface area contributed by atoms with Gasteiger partial charge in [-0.2, -0.15) is 5.10 Å². The number of H-pyrrole nitrogens is 1. The van der Waals surface area contributed by atoms with Gasteiger partial charge in [-0.15, -0.1) is 0 Å². The molecule has 5 nitrogen and oxygen atoms in total. The highest BCUT2D eigenvalue weighted by molar-refractivity contribution is 6.00. The highest BCUT2D eigenvalue weighted by Gasteiger charge is 2.19. The number of nitrogens with zero attached hydrogens (tertiary/aromatic N) is 1. The zero-order valence-electron chi connectivity index (χ0n) is 19.2. The first-order valence-electron chi connectivity index (χ1n) is 12.4. The van der Waals surface area contributed by atoms with Gasteiger partial charge < -0.3 is 10.1 Å². The first-order chi connectivity index (χ1) is 16.3. The summed E-state index contributed by atoms with van der Waals surface area (Å²) in [5, 5.41) is 10.4. The van der Waals surface area contributed by atoms with Crippen LogP contribution in [-0.4, -0.2) is 35.7 Å². The molecule has 0 unspecified atom stereocenters. The van der Waals surface area contributed by atoms with Crippen LogP contribution in [0.4, 0.5) is 0 Å². The smallest absolute Gasteiger partial charge is 0.170 e. The van der Waals surface area contributed by atoms with E-state index in [-0.39, 0.29) is 5.78 Å². The number of hydrogen-bond donors (Lipinski definition) is 2. The zero-order valence-corrected chi connectivity index (χ0v) is 19.2. The van der Waals surface area contributed by atoms with E-state index in [1.54, 1.807) is 6.20 Å². The van der Waals surface area contributed by atoms with Crippen LogP contribution in [0, 0.1) is 5.92 Å². The fourth-order valence-electron chi connectivity index (χ4n) is 5.14. The van der Waals surface area contributed by atoms with Crippen molar-refractivity contribution in [1.29, 1.82) is 0 Å². The van der Waals surface area contributed by atoms with Crippen molar-refractivity contribution < 1.29 is 9.53 Å². The molecule has 172 valence electrons. The van der Waals surface area contributed by atoms with Crippen LogP contribution in [0.1, 0.15) is 59.2 Å². The third kappa shape index (κ3) is 5.36. The summed E-state index contributed by atoms with van der Waals surface area (Å²) in [7, 11) is 0. The Labute approximate surface area is 196 Å². The van der Waals surface area contributed by atoms with E-state index in [0.29, 0.717) is 30.3 Å². The molecule has 1 aromatic heterocycles. The maximum absolute atomic E-state index is 13.4. The first-order valence-corrected chi connectivity index (χ1v) is 12.4. The molecule has 1 fully saturated rings. The van der Waals surface area contributed by atoms with Crippen LogP contribution in [0.3, 0.4) is 0 Å². The Hall–Kier alpha value is -2.92. The van der Waals surface area contributed by atoms with Crippen molar-refractivity contribution in [2.75, 3.05) is 19.7 Å². The lowest BCUT2D eigenvalue weighted by molar-refractivity contribution is 0.0987. The Kier molecular flexibility index (Phi) is 6.87.